The molecule has 6 aromatic rings. The molecule has 0 saturated carbocycles. The minimum atomic E-state index is 0.557. The van der Waals surface area contributed by atoms with Crippen LogP contribution >= 0.6 is 0 Å². The van der Waals surface area contributed by atoms with Gasteiger partial charge in [-0.3, -0.25) is 0 Å². The minimum Gasteiger partial charge on any atom is -0.492 e. The summed E-state index contributed by atoms with van der Waals surface area (Å²) in [6.07, 6.45) is 9.63. The van der Waals surface area contributed by atoms with Crippen LogP contribution in [-0.4, -0.2) is 13.2 Å². The van der Waals surface area contributed by atoms with Crippen LogP contribution in [0.4, 0.5) is 0 Å². The van der Waals surface area contributed by atoms with Gasteiger partial charge in [0, 0.05) is 21.5 Å². The molecule has 0 spiro atoms. The van der Waals surface area contributed by atoms with Crippen molar-refractivity contribution in [2.24, 2.45) is 11.8 Å². The predicted octanol–water partition coefficient (Wildman–Crippen LogP) is 13.8. The van der Waals surface area contributed by atoms with Gasteiger partial charge in [-0.2, -0.15) is 0 Å². The summed E-state index contributed by atoms with van der Waals surface area (Å²) in [4.78, 5) is 0. The molecule has 2 nitrogen and oxygen atoms in total. The molecular formula is C46H54O2. The molecular weight excluding hydrogens is 585 g/mol. The second-order valence-corrected chi connectivity index (χ2v) is 14.1. The molecule has 48 heavy (non-hydrogen) atoms. The van der Waals surface area contributed by atoms with Gasteiger partial charge in [0.25, 0.3) is 0 Å². The van der Waals surface area contributed by atoms with Crippen molar-refractivity contribution in [3.05, 3.63) is 96.1 Å². The maximum Gasteiger partial charge on any atom is 0.134 e. The first-order valence-electron chi connectivity index (χ1n) is 18.6. The van der Waals surface area contributed by atoms with Crippen LogP contribution in [0.5, 0.6) is 11.5 Å². The van der Waals surface area contributed by atoms with Gasteiger partial charge in [0.1, 0.15) is 11.5 Å². The van der Waals surface area contributed by atoms with Crippen molar-refractivity contribution in [1.29, 1.82) is 0 Å². The van der Waals surface area contributed by atoms with Crippen molar-refractivity contribution < 1.29 is 9.47 Å². The van der Waals surface area contributed by atoms with Crippen LogP contribution in [0, 0.1) is 25.7 Å². The van der Waals surface area contributed by atoms with E-state index in [4.69, 9.17) is 9.47 Å². The Bertz CT molecular complexity index is 1870. The van der Waals surface area contributed by atoms with Crippen LogP contribution in [0.15, 0.2) is 84.9 Å². The third-order valence-corrected chi connectivity index (χ3v) is 10.5. The van der Waals surface area contributed by atoms with Gasteiger partial charge in [-0.15, -0.1) is 0 Å². The molecule has 0 fully saturated rings. The van der Waals surface area contributed by atoms with Crippen LogP contribution in [0.1, 0.15) is 90.2 Å². The molecule has 2 heteroatoms. The van der Waals surface area contributed by atoms with Gasteiger partial charge in [-0.1, -0.05) is 162 Å². The van der Waals surface area contributed by atoms with Gasteiger partial charge < -0.3 is 9.47 Å². The van der Waals surface area contributed by atoms with Crippen molar-refractivity contribution in [2.45, 2.75) is 92.9 Å². The Kier molecular flexibility index (Phi) is 10.9. The number of unbranched alkanes of at least 4 members (excludes halogenated alkanes) is 2. The van der Waals surface area contributed by atoms with Gasteiger partial charge in [0.05, 0.1) is 13.2 Å². The van der Waals surface area contributed by atoms with E-state index in [1.165, 1.54) is 104 Å². The molecule has 0 N–H and O–H groups in total. The minimum absolute atomic E-state index is 0.557. The highest BCUT2D eigenvalue weighted by Crippen LogP contribution is 2.50. The SMILES string of the molecule is CCCCC(CC)COc1c2ccccc2c(-c2c3ccccc3c(OCC(CC)CCCC)c3ccc(C)cc23)c2cc(C)ccc12. The molecule has 0 heterocycles. The summed E-state index contributed by atoms with van der Waals surface area (Å²) < 4.78 is 13.8. The molecule has 0 saturated heterocycles. The smallest absolute Gasteiger partial charge is 0.134 e. The van der Waals surface area contributed by atoms with Gasteiger partial charge in [0.15, 0.2) is 0 Å². The lowest BCUT2D eigenvalue weighted by Gasteiger charge is -2.24. The van der Waals surface area contributed by atoms with Crippen LogP contribution in [0.25, 0.3) is 54.2 Å². The number of hydrogen-bond donors (Lipinski definition) is 0. The maximum atomic E-state index is 6.90. The summed E-state index contributed by atoms with van der Waals surface area (Å²) in [6.45, 7) is 15.1. The summed E-state index contributed by atoms with van der Waals surface area (Å²) in [5.41, 5.74) is 5.06. The average Bonchev–Trinajstić information content (AvgIpc) is 3.11. The van der Waals surface area contributed by atoms with E-state index in [-0.39, 0.29) is 0 Å². The fourth-order valence-corrected chi connectivity index (χ4v) is 7.55. The molecule has 0 bridgehead atoms. The first kappa shape index (κ1) is 33.8. The lowest BCUT2D eigenvalue weighted by molar-refractivity contribution is 0.238. The topological polar surface area (TPSA) is 18.5 Å². The van der Waals surface area contributed by atoms with Crippen LogP contribution in [-0.2, 0) is 0 Å². The van der Waals surface area contributed by atoms with Crippen molar-refractivity contribution in [1.82, 2.24) is 0 Å². The Labute approximate surface area is 288 Å². The van der Waals surface area contributed by atoms with Crippen LogP contribution in [0.3, 0.4) is 0 Å². The number of rotatable bonds is 15. The van der Waals surface area contributed by atoms with Gasteiger partial charge in [0.2, 0.25) is 0 Å². The zero-order valence-electron chi connectivity index (χ0n) is 30.1. The van der Waals surface area contributed by atoms with E-state index < -0.39 is 0 Å². The average molecular weight is 639 g/mol. The zero-order chi connectivity index (χ0) is 33.6. The lowest BCUT2D eigenvalue weighted by Crippen LogP contribution is -2.12. The van der Waals surface area contributed by atoms with E-state index in [0.717, 1.165) is 37.6 Å². The summed E-state index contributed by atoms with van der Waals surface area (Å²) in [5.74, 6) is 3.15. The second kappa shape index (κ2) is 15.5. The molecule has 0 radical (unpaired) electrons. The highest BCUT2D eigenvalue weighted by atomic mass is 16.5. The van der Waals surface area contributed by atoms with Gasteiger partial charge in [-0.05, 0) is 71.2 Å². The summed E-state index contributed by atoms with van der Waals surface area (Å²) in [7, 11) is 0. The fourth-order valence-electron chi connectivity index (χ4n) is 7.55. The lowest BCUT2D eigenvalue weighted by atomic mass is 9.84. The normalized spacial score (nSPS) is 13.0. The number of hydrogen-bond acceptors (Lipinski definition) is 2. The van der Waals surface area contributed by atoms with Crippen LogP contribution in [0.2, 0.25) is 0 Å². The van der Waals surface area contributed by atoms with E-state index >= 15 is 0 Å². The van der Waals surface area contributed by atoms with E-state index in [2.05, 4.69) is 126 Å². The summed E-state index contributed by atoms with van der Waals surface area (Å²) in [5, 5.41) is 9.70. The first-order valence-corrected chi connectivity index (χ1v) is 18.6. The number of benzene rings is 6. The summed E-state index contributed by atoms with van der Waals surface area (Å²) in [6, 6.07) is 31.6. The third kappa shape index (κ3) is 6.77. The Balaban J connectivity index is 1.63. The van der Waals surface area contributed by atoms with Gasteiger partial charge in [-0.25, -0.2) is 0 Å². The van der Waals surface area contributed by atoms with Crippen LogP contribution < -0.4 is 9.47 Å². The quantitative estimate of drug-likeness (QED) is 0.104. The number of fused-ring (bicyclic) bond motifs is 4. The fraction of sp³-hybridized carbons (Fsp3) is 0.391. The molecule has 0 amide bonds. The highest BCUT2D eigenvalue weighted by Gasteiger charge is 2.23. The van der Waals surface area contributed by atoms with Gasteiger partial charge >= 0.3 is 0 Å². The van der Waals surface area contributed by atoms with E-state index in [1.807, 2.05) is 0 Å². The van der Waals surface area contributed by atoms with E-state index in [0.29, 0.717) is 11.8 Å². The number of ether oxygens (including phenoxy) is 2. The van der Waals surface area contributed by atoms with Crippen molar-refractivity contribution >= 4 is 43.1 Å². The molecule has 6 aromatic carbocycles. The molecule has 2 unspecified atom stereocenters. The second-order valence-electron chi connectivity index (χ2n) is 14.1. The Morgan fingerprint density at radius 2 is 0.833 bits per heavy atom. The molecule has 0 aliphatic carbocycles. The number of aryl methyl sites for hydroxylation is 2. The molecule has 0 aliphatic heterocycles. The molecule has 6 rings (SSSR count). The Morgan fingerprint density at radius 3 is 1.21 bits per heavy atom. The maximum absolute atomic E-state index is 6.90. The predicted molar refractivity (Wildman–Crippen MR) is 209 cm³/mol. The zero-order valence-corrected chi connectivity index (χ0v) is 30.1. The molecule has 250 valence electrons. The third-order valence-electron chi connectivity index (χ3n) is 10.5. The molecule has 0 aliphatic rings. The monoisotopic (exact) mass is 638 g/mol. The van der Waals surface area contributed by atoms with Crippen molar-refractivity contribution in [3.8, 4) is 22.6 Å². The Morgan fingerprint density at radius 1 is 0.458 bits per heavy atom. The van der Waals surface area contributed by atoms with Crippen molar-refractivity contribution in [2.75, 3.05) is 13.2 Å². The van der Waals surface area contributed by atoms with Crippen molar-refractivity contribution in [3.63, 3.8) is 0 Å². The molecule has 0 aromatic heterocycles. The molecule has 2 atom stereocenters. The van der Waals surface area contributed by atoms with E-state index in [1.54, 1.807) is 0 Å². The largest absolute Gasteiger partial charge is 0.492 e. The Hall–Kier alpha value is -4.04. The standard InChI is InChI=1S/C46H54O2/c1-7-11-17-33(9-3)29-47-45-37-21-15-13-19-35(37)43(41-27-31(5)23-25-39(41)45)44-36-20-14-16-22-38(36)46(40-26-24-32(6)28-42(40)44)48-30-34(10-4)18-12-8-2/h13-16,19-28,33-34H,7-12,17-18,29-30H2,1-6H3. The summed E-state index contributed by atoms with van der Waals surface area (Å²) >= 11 is 0. The highest BCUT2D eigenvalue weighted by molar-refractivity contribution is 6.26. The first-order chi connectivity index (χ1) is 23.5. The van der Waals surface area contributed by atoms with E-state index in [9.17, 15) is 0 Å².